The van der Waals surface area contributed by atoms with Crippen LogP contribution in [-0.2, 0) is 6.61 Å². The molecular formula is C25H27N3O3. The molecule has 6 nitrogen and oxygen atoms in total. The van der Waals surface area contributed by atoms with Gasteiger partial charge in [0.15, 0.2) is 0 Å². The van der Waals surface area contributed by atoms with Crippen molar-refractivity contribution in [1.29, 1.82) is 0 Å². The van der Waals surface area contributed by atoms with E-state index in [1.807, 2.05) is 36.4 Å². The Hall–Kier alpha value is -3.38. The molecule has 1 fully saturated rings. The number of pyridine rings is 1. The molecule has 1 amide bonds. The first-order chi connectivity index (χ1) is 15.2. The summed E-state index contributed by atoms with van der Waals surface area (Å²) in [5, 5.41) is 2.87. The Kier molecular flexibility index (Phi) is 6.79. The van der Waals surface area contributed by atoms with E-state index in [1.165, 1.54) is 0 Å². The molecule has 2 aromatic carbocycles. The Morgan fingerprint density at radius 2 is 1.77 bits per heavy atom. The summed E-state index contributed by atoms with van der Waals surface area (Å²) in [7, 11) is 2.12. The molecule has 0 radical (unpaired) electrons. The van der Waals surface area contributed by atoms with Crippen LogP contribution in [-0.4, -0.2) is 42.0 Å². The van der Waals surface area contributed by atoms with Crippen molar-refractivity contribution in [3.05, 3.63) is 84.1 Å². The van der Waals surface area contributed by atoms with E-state index in [2.05, 4.69) is 22.2 Å². The topological polar surface area (TPSA) is 63.7 Å². The van der Waals surface area contributed by atoms with Crippen molar-refractivity contribution in [2.75, 3.05) is 25.5 Å². The second-order valence-electron chi connectivity index (χ2n) is 7.76. The van der Waals surface area contributed by atoms with Crippen LogP contribution in [0.5, 0.6) is 11.6 Å². The first-order valence-corrected chi connectivity index (χ1v) is 10.5. The van der Waals surface area contributed by atoms with Crippen molar-refractivity contribution < 1.29 is 14.3 Å². The lowest BCUT2D eigenvalue weighted by Crippen LogP contribution is -2.35. The number of amides is 1. The highest BCUT2D eigenvalue weighted by atomic mass is 16.5. The third kappa shape index (κ3) is 6.06. The number of ether oxygens (including phenoxy) is 2. The number of likely N-dealkylation sites (tertiary alicyclic amines) is 1. The Balaban J connectivity index is 1.27. The molecule has 4 rings (SSSR count). The minimum Gasteiger partial charge on any atom is -0.489 e. The predicted octanol–water partition coefficient (Wildman–Crippen LogP) is 4.39. The molecule has 0 saturated carbocycles. The van der Waals surface area contributed by atoms with Crippen LogP contribution in [0.15, 0.2) is 72.9 Å². The Bertz CT molecular complexity index is 967. The van der Waals surface area contributed by atoms with E-state index < -0.39 is 0 Å². The van der Waals surface area contributed by atoms with Gasteiger partial charge in [-0.3, -0.25) is 4.79 Å². The van der Waals surface area contributed by atoms with Gasteiger partial charge < -0.3 is 19.7 Å². The monoisotopic (exact) mass is 417 g/mol. The third-order valence-electron chi connectivity index (χ3n) is 5.31. The summed E-state index contributed by atoms with van der Waals surface area (Å²) in [6.45, 7) is 2.56. The van der Waals surface area contributed by atoms with Crippen LogP contribution in [0.25, 0.3) is 0 Å². The standard InChI is InChI=1S/C25H27N3O3/c1-28-15-13-23(14-16-28)31-24-12-9-21(17-26-24)27-25(29)20-7-10-22(11-8-20)30-18-19-5-3-2-4-6-19/h2-12,17,23H,13-16,18H2,1H3,(H,27,29). The first-order valence-electron chi connectivity index (χ1n) is 10.5. The lowest BCUT2D eigenvalue weighted by Gasteiger charge is -2.28. The van der Waals surface area contributed by atoms with Crippen molar-refractivity contribution >= 4 is 11.6 Å². The maximum absolute atomic E-state index is 12.5. The second-order valence-corrected chi connectivity index (χ2v) is 7.76. The van der Waals surface area contributed by atoms with Gasteiger partial charge in [-0.15, -0.1) is 0 Å². The summed E-state index contributed by atoms with van der Waals surface area (Å²) < 4.78 is 11.7. The number of aromatic nitrogens is 1. The highest BCUT2D eigenvalue weighted by Gasteiger charge is 2.18. The van der Waals surface area contributed by atoms with Gasteiger partial charge in [0.25, 0.3) is 5.91 Å². The van der Waals surface area contributed by atoms with Crippen molar-refractivity contribution in [1.82, 2.24) is 9.88 Å². The van der Waals surface area contributed by atoms with Crippen LogP contribution in [0.1, 0.15) is 28.8 Å². The molecule has 3 aromatic rings. The largest absolute Gasteiger partial charge is 0.489 e. The van der Waals surface area contributed by atoms with E-state index in [-0.39, 0.29) is 12.0 Å². The molecular weight excluding hydrogens is 390 g/mol. The van der Waals surface area contributed by atoms with Crippen LogP contribution >= 0.6 is 0 Å². The molecule has 1 aliphatic heterocycles. The molecule has 31 heavy (non-hydrogen) atoms. The number of hydrogen-bond donors (Lipinski definition) is 1. The van der Waals surface area contributed by atoms with Crippen molar-refractivity contribution in [2.24, 2.45) is 0 Å². The van der Waals surface area contributed by atoms with Gasteiger partial charge in [-0.05, 0) is 55.8 Å². The number of anilines is 1. The number of nitrogens with one attached hydrogen (secondary N) is 1. The van der Waals surface area contributed by atoms with Crippen LogP contribution in [0, 0.1) is 0 Å². The van der Waals surface area contributed by atoms with Crippen molar-refractivity contribution in [2.45, 2.75) is 25.6 Å². The van der Waals surface area contributed by atoms with Crippen molar-refractivity contribution in [3.63, 3.8) is 0 Å². The number of hydrogen-bond acceptors (Lipinski definition) is 5. The summed E-state index contributed by atoms with van der Waals surface area (Å²) in [6.07, 6.45) is 3.83. The fraction of sp³-hybridized carbons (Fsp3) is 0.280. The highest BCUT2D eigenvalue weighted by molar-refractivity contribution is 6.04. The molecule has 1 aliphatic rings. The minimum atomic E-state index is -0.194. The molecule has 0 atom stereocenters. The normalized spacial score (nSPS) is 14.7. The minimum absolute atomic E-state index is 0.194. The van der Waals surface area contributed by atoms with Gasteiger partial charge in [0.1, 0.15) is 18.5 Å². The van der Waals surface area contributed by atoms with Gasteiger partial charge in [-0.25, -0.2) is 4.98 Å². The number of nitrogens with zero attached hydrogens (tertiary/aromatic N) is 2. The molecule has 1 saturated heterocycles. The maximum Gasteiger partial charge on any atom is 0.255 e. The highest BCUT2D eigenvalue weighted by Crippen LogP contribution is 2.19. The summed E-state index contributed by atoms with van der Waals surface area (Å²) >= 11 is 0. The number of carbonyl (C=O) groups excluding carboxylic acids is 1. The van der Waals surface area contributed by atoms with Crippen molar-refractivity contribution in [3.8, 4) is 11.6 Å². The zero-order valence-corrected chi connectivity index (χ0v) is 17.7. The molecule has 1 aromatic heterocycles. The average molecular weight is 418 g/mol. The number of carbonyl (C=O) groups is 1. The lowest BCUT2D eigenvalue weighted by molar-refractivity contribution is 0.102. The van der Waals surface area contributed by atoms with Crippen LogP contribution < -0.4 is 14.8 Å². The molecule has 0 unspecified atom stereocenters. The van der Waals surface area contributed by atoms with Gasteiger partial charge in [0, 0.05) is 24.7 Å². The van der Waals surface area contributed by atoms with Crippen LogP contribution in [0.3, 0.4) is 0 Å². The summed E-state index contributed by atoms with van der Waals surface area (Å²) in [4.78, 5) is 19.2. The Morgan fingerprint density at radius 1 is 1.03 bits per heavy atom. The molecule has 0 aliphatic carbocycles. The Labute approximate surface area is 182 Å². The summed E-state index contributed by atoms with van der Waals surface area (Å²) in [5.41, 5.74) is 2.28. The van der Waals surface area contributed by atoms with Gasteiger partial charge in [0.05, 0.1) is 11.9 Å². The van der Waals surface area contributed by atoms with Gasteiger partial charge in [-0.1, -0.05) is 30.3 Å². The predicted molar refractivity (Wildman–Crippen MR) is 121 cm³/mol. The fourth-order valence-corrected chi connectivity index (χ4v) is 3.44. The van der Waals surface area contributed by atoms with Gasteiger partial charge >= 0.3 is 0 Å². The molecule has 0 bridgehead atoms. The van der Waals surface area contributed by atoms with E-state index >= 15 is 0 Å². The average Bonchev–Trinajstić information content (AvgIpc) is 2.81. The van der Waals surface area contributed by atoms with E-state index in [0.717, 1.165) is 37.2 Å². The second kappa shape index (κ2) is 10.1. The first kappa shape index (κ1) is 20.9. The quantitative estimate of drug-likeness (QED) is 0.618. The maximum atomic E-state index is 12.5. The van der Waals surface area contributed by atoms with E-state index in [4.69, 9.17) is 9.47 Å². The molecule has 1 N–H and O–H groups in total. The summed E-state index contributed by atoms with van der Waals surface area (Å²) in [5.74, 6) is 1.12. The molecule has 2 heterocycles. The summed E-state index contributed by atoms with van der Waals surface area (Å²) in [6, 6.07) is 20.7. The van der Waals surface area contributed by atoms with E-state index in [9.17, 15) is 4.79 Å². The SMILES string of the molecule is CN1CCC(Oc2ccc(NC(=O)c3ccc(OCc4ccccc4)cc3)cn2)CC1. The molecule has 160 valence electrons. The zero-order chi connectivity index (χ0) is 21.5. The number of benzene rings is 2. The van der Waals surface area contributed by atoms with Crippen LogP contribution in [0.4, 0.5) is 5.69 Å². The van der Waals surface area contributed by atoms with Gasteiger partial charge in [0.2, 0.25) is 5.88 Å². The third-order valence-corrected chi connectivity index (χ3v) is 5.31. The molecule has 0 spiro atoms. The number of rotatable bonds is 7. The van der Waals surface area contributed by atoms with Gasteiger partial charge in [-0.2, -0.15) is 0 Å². The zero-order valence-electron chi connectivity index (χ0n) is 17.7. The van der Waals surface area contributed by atoms with E-state index in [1.54, 1.807) is 36.5 Å². The smallest absolute Gasteiger partial charge is 0.255 e. The lowest BCUT2D eigenvalue weighted by atomic mass is 10.1. The molecule has 6 heteroatoms. The Morgan fingerprint density at radius 3 is 2.45 bits per heavy atom. The number of piperidine rings is 1. The van der Waals surface area contributed by atoms with Crippen LogP contribution in [0.2, 0.25) is 0 Å². The fourth-order valence-electron chi connectivity index (χ4n) is 3.44. The van der Waals surface area contributed by atoms with E-state index in [0.29, 0.717) is 23.7 Å².